The van der Waals surface area contributed by atoms with Gasteiger partial charge in [0.25, 0.3) is 5.91 Å². The van der Waals surface area contributed by atoms with Crippen LogP contribution in [0.2, 0.25) is 0 Å². The third kappa shape index (κ3) is 3.33. The van der Waals surface area contributed by atoms with Crippen LogP contribution in [0.15, 0.2) is 41.4 Å². The molecule has 1 aliphatic carbocycles. The number of amides is 1. The van der Waals surface area contributed by atoms with E-state index in [0.717, 1.165) is 18.2 Å². The number of oxazole rings is 1. The first kappa shape index (κ1) is 15.3. The van der Waals surface area contributed by atoms with Gasteiger partial charge in [-0.15, -0.1) is 0 Å². The number of pyridine rings is 1. The fourth-order valence-corrected chi connectivity index (χ4v) is 3.28. The Labute approximate surface area is 140 Å². The summed E-state index contributed by atoms with van der Waals surface area (Å²) in [7, 11) is 0. The molecule has 6 heteroatoms. The lowest BCUT2D eigenvalue weighted by Crippen LogP contribution is -2.29. The van der Waals surface area contributed by atoms with E-state index in [4.69, 9.17) is 9.15 Å². The molecule has 1 amide bonds. The van der Waals surface area contributed by atoms with Crippen molar-refractivity contribution in [3.05, 3.63) is 48.4 Å². The number of hydrogen-bond donors (Lipinski definition) is 0. The first-order valence-electron chi connectivity index (χ1n) is 8.47. The molecule has 0 unspecified atom stereocenters. The van der Waals surface area contributed by atoms with E-state index in [1.807, 2.05) is 23.1 Å². The number of carbonyl (C=O) groups is 1. The summed E-state index contributed by atoms with van der Waals surface area (Å²) in [5.74, 6) is 1.36. The van der Waals surface area contributed by atoms with Gasteiger partial charge in [0.15, 0.2) is 6.39 Å². The number of nitrogens with zero attached hydrogens (tertiary/aromatic N) is 3. The van der Waals surface area contributed by atoms with Gasteiger partial charge in [0, 0.05) is 43.4 Å². The Morgan fingerprint density at radius 1 is 1.29 bits per heavy atom. The Hall–Kier alpha value is -2.21. The summed E-state index contributed by atoms with van der Waals surface area (Å²) in [5, 5.41) is 0. The quantitative estimate of drug-likeness (QED) is 0.814. The molecule has 1 saturated heterocycles. The van der Waals surface area contributed by atoms with Crippen LogP contribution in [0.1, 0.15) is 35.0 Å². The van der Waals surface area contributed by atoms with Crippen molar-refractivity contribution in [2.24, 2.45) is 11.8 Å². The second-order valence-corrected chi connectivity index (χ2v) is 6.68. The van der Waals surface area contributed by atoms with E-state index < -0.39 is 0 Å². The first-order valence-corrected chi connectivity index (χ1v) is 8.47. The second kappa shape index (κ2) is 6.73. The van der Waals surface area contributed by atoms with E-state index in [0.29, 0.717) is 19.7 Å². The van der Waals surface area contributed by atoms with Crippen LogP contribution < -0.4 is 0 Å². The van der Waals surface area contributed by atoms with Crippen LogP contribution >= 0.6 is 0 Å². The number of likely N-dealkylation sites (tertiary alicyclic amines) is 1. The average Bonchev–Trinajstić information content (AvgIpc) is 3.12. The lowest BCUT2D eigenvalue weighted by Gasteiger charge is -2.17. The predicted octanol–water partition coefficient (Wildman–Crippen LogP) is 2.35. The number of carbonyl (C=O) groups excluding carboxylic acids is 1. The van der Waals surface area contributed by atoms with Crippen molar-refractivity contribution in [1.82, 2.24) is 14.9 Å². The van der Waals surface area contributed by atoms with Crippen LogP contribution in [-0.4, -0.2) is 47.1 Å². The molecule has 0 aromatic carbocycles. The molecule has 2 aromatic rings. The molecule has 1 saturated carbocycles. The normalized spacial score (nSPS) is 23.6. The van der Waals surface area contributed by atoms with Gasteiger partial charge in [-0.05, 0) is 30.9 Å². The Balaban J connectivity index is 1.47. The van der Waals surface area contributed by atoms with Gasteiger partial charge >= 0.3 is 0 Å². The Bertz CT molecular complexity index is 670. The molecule has 24 heavy (non-hydrogen) atoms. The highest BCUT2D eigenvalue weighted by molar-refractivity contribution is 5.91. The van der Waals surface area contributed by atoms with Gasteiger partial charge in [-0.2, -0.15) is 0 Å². The summed E-state index contributed by atoms with van der Waals surface area (Å²) in [6.07, 6.45) is 7.12. The van der Waals surface area contributed by atoms with Crippen molar-refractivity contribution in [3.63, 3.8) is 0 Å². The van der Waals surface area contributed by atoms with Crippen LogP contribution in [-0.2, 0) is 4.74 Å². The van der Waals surface area contributed by atoms with Gasteiger partial charge in [0.1, 0.15) is 0 Å². The lowest BCUT2D eigenvalue weighted by atomic mass is 9.93. The Kier molecular flexibility index (Phi) is 4.30. The molecule has 0 radical (unpaired) electrons. The average molecular weight is 327 g/mol. The summed E-state index contributed by atoms with van der Waals surface area (Å²) >= 11 is 0. The van der Waals surface area contributed by atoms with Crippen molar-refractivity contribution < 1.29 is 13.9 Å². The van der Waals surface area contributed by atoms with Crippen molar-refractivity contribution in [2.75, 3.05) is 26.3 Å². The van der Waals surface area contributed by atoms with E-state index in [2.05, 4.69) is 9.97 Å². The number of ether oxygens (including phenoxy) is 1. The summed E-state index contributed by atoms with van der Waals surface area (Å²) in [6.45, 7) is 2.79. The highest BCUT2D eigenvalue weighted by atomic mass is 16.5. The third-order valence-electron chi connectivity index (χ3n) is 4.82. The van der Waals surface area contributed by atoms with E-state index in [1.165, 1.54) is 25.4 Å². The van der Waals surface area contributed by atoms with Crippen LogP contribution in [0.5, 0.6) is 0 Å². The molecular weight excluding hydrogens is 306 g/mol. The SMILES string of the molecule is O=C(c1cnco1)N1C[C@@H](COCC2CC2)[C@H](c2ccccn2)C1. The van der Waals surface area contributed by atoms with Crippen molar-refractivity contribution >= 4 is 5.91 Å². The van der Waals surface area contributed by atoms with Crippen LogP contribution in [0.25, 0.3) is 0 Å². The fraction of sp³-hybridized carbons (Fsp3) is 0.500. The summed E-state index contributed by atoms with van der Waals surface area (Å²) in [6, 6.07) is 5.93. The molecule has 4 rings (SSSR count). The monoisotopic (exact) mass is 327 g/mol. The predicted molar refractivity (Wildman–Crippen MR) is 86.4 cm³/mol. The summed E-state index contributed by atoms with van der Waals surface area (Å²) in [5.41, 5.74) is 1.02. The molecule has 6 nitrogen and oxygen atoms in total. The highest BCUT2D eigenvalue weighted by Crippen LogP contribution is 2.34. The maximum atomic E-state index is 12.6. The standard InChI is InChI=1S/C18H21N3O3/c22-18(17-7-19-12-24-17)21-8-14(11-23-10-13-4-5-13)15(9-21)16-3-1-2-6-20-16/h1-3,6-7,12-15H,4-5,8-11H2/t14-,15+/m0/s1. The van der Waals surface area contributed by atoms with Gasteiger partial charge in [-0.3, -0.25) is 9.78 Å². The molecule has 2 atom stereocenters. The smallest absolute Gasteiger partial charge is 0.291 e. The largest absolute Gasteiger partial charge is 0.438 e. The molecule has 2 aromatic heterocycles. The van der Waals surface area contributed by atoms with Crippen molar-refractivity contribution in [3.8, 4) is 0 Å². The van der Waals surface area contributed by atoms with Crippen LogP contribution in [0, 0.1) is 11.8 Å². The zero-order chi connectivity index (χ0) is 16.4. The molecular formula is C18H21N3O3. The van der Waals surface area contributed by atoms with Gasteiger partial charge in [0.2, 0.25) is 5.76 Å². The molecule has 2 fully saturated rings. The summed E-state index contributed by atoms with van der Waals surface area (Å²) in [4.78, 5) is 22.7. The van der Waals surface area contributed by atoms with E-state index in [9.17, 15) is 4.79 Å². The summed E-state index contributed by atoms with van der Waals surface area (Å²) < 4.78 is 11.1. The van der Waals surface area contributed by atoms with E-state index in [-0.39, 0.29) is 23.5 Å². The molecule has 126 valence electrons. The lowest BCUT2D eigenvalue weighted by molar-refractivity contribution is 0.0713. The fourth-order valence-electron chi connectivity index (χ4n) is 3.28. The topological polar surface area (TPSA) is 68.5 Å². The number of rotatable bonds is 6. The number of aromatic nitrogens is 2. The molecule has 0 bridgehead atoms. The molecule has 0 N–H and O–H groups in total. The zero-order valence-corrected chi connectivity index (χ0v) is 13.5. The first-order chi connectivity index (χ1) is 11.8. The van der Waals surface area contributed by atoms with Crippen LogP contribution in [0.4, 0.5) is 0 Å². The molecule has 3 heterocycles. The van der Waals surface area contributed by atoms with Gasteiger partial charge in [-0.25, -0.2) is 4.98 Å². The van der Waals surface area contributed by atoms with Crippen molar-refractivity contribution in [2.45, 2.75) is 18.8 Å². The van der Waals surface area contributed by atoms with E-state index in [1.54, 1.807) is 6.20 Å². The minimum Gasteiger partial charge on any atom is -0.438 e. The van der Waals surface area contributed by atoms with E-state index >= 15 is 0 Å². The Morgan fingerprint density at radius 3 is 2.92 bits per heavy atom. The molecule has 2 aliphatic rings. The van der Waals surface area contributed by atoms with Gasteiger partial charge in [0.05, 0.1) is 12.8 Å². The van der Waals surface area contributed by atoms with Gasteiger partial charge in [-0.1, -0.05) is 6.07 Å². The molecule has 1 aliphatic heterocycles. The third-order valence-corrected chi connectivity index (χ3v) is 4.82. The number of hydrogen-bond acceptors (Lipinski definition) is 5. The zero-order valence-electron chi connectivity index (χ0n) is 13.5. The van der Waals surface area contributed by atoms with Crippen LogP contribution in [0.3, 0.4) is 0 Å². The van der Waals surface area contributed by atoms with Crippen molar-refractivity contribution in [1.29, 1.82) is 0 Å². The minimum atomic E-state index is -0.113. The Morgan fingerprint density at radius 2 is 2.21 bits per heavy atom. The maximum absolute atomic E-state index is 12.6. The minimum absolute atomic E-state index is 0.113. The van der Waals surface area contributed by atoms with Gasteiger partial charge < -0.3 is 14.1 Å². The maximum Gasteiger partial charge on any atom is 0.291 e. The molecule has 0 spiro atoms. The second-order valence-electron chi connectivity index (χ2n) is 6.68. The highest BCUT2D eigenvalue weighted by Gasteiger charge is 2.38.